The van der Waals surface area contributed by atoms with Crippen molar-refractivity contribution < 1.29 is 18.8 Å². The van der Waals surface area contributed by atoms with E-state index in [-0.39, 0.29) is 28.8 Å². The number of nitrogens with zero attached hydrogens (tertiary/aromatic N) is 4. The van der Waals surface area contributed by atoms with E-state index < -0.39 is 17.7 Å². The summed E-state index contributed by atoms with van der Waals surface area (Å²) in [5.74, 6) is -2.11. The number of imide groups is 1. The van der Waals surface area contributed by atoms with Crippen molar-refractivity contribution >= 4 is 35.7 Å². The number of hydrogen-bond donors (Lipinski definition) is 1. The lowest BCUT2D eigenvalue weighted by atomic mass is 10.1. The van der Waals surface area contributed by atoms with E-state index >= 15 is 0 Å². The maximum atomic E-state index is 13.0. The first-order chi connectivity index (χ1) is 16.5. The average Bonchev–Trinajstić information content (AvgIpc) is 3.37. The van der Waals surface area contributed by atoms with Crippen molar-refractivity contribution in [3.63, 3.8) is 0 Å². The van der Waals surface area contributed by atoms with E-state index in [0.29, 0.717) is 11.3 Å². The Morgan fingerprint density at radius 1 is 0.853 bits per heavy atom. The monoisotopic (exact) mass is 453 g/mol. The number of anilines is 2. The summed E-state index contributed by atoms with van der Waals surface area (Å²) in [5.41, 5.74) is 1.71. The number of carbonyl (C=O) groups is 3. The standard InChI is InChI=1S/C25H16FN5O3/c26-17-13-10-16(11-14-17)12-15-21(32)27-24-28-25(31(29-24)18-6-2-1-3-7-18)30-22(33)19-8-4-5-9-20(19)23(30)34/h1-15H,(H,27,29,32)/b15-12+. The molecule has 4 aromatic rings. The van der Waals surface area contributed by atoms with Crippen LogP contribution in [0.25, 0.3) is 11.8 Å². The maximum Gasteiger partial charge on any atom is 0.268 e. The fourth-order valence-electron chi connectivity index (χ4n) is 3.51. The Kier molecular flexibility index (Phi) is 5.27. The van der Waals surface area contributed by atoms with Crippen LogP contribution in [0.1, 0.15) is 26.3 Å². The Hall–Kier alpha value is -4.92. The largest absolute Gasteiger partial charge is 0.290 e. The van der Waals surface area contributed by atoms with Crippen LogP contribution in [0.5, 0.6) is 0 Å². The smallest absolute Gasteiger partial charge is 0.268 e. The number of fused-ring (bicyclic) bond motifs is 1. The second-order valence-corrected chi connectivity index (χ2v) is 7.35. The Balaban J connectivity index is 1.47. The Morgan fingerprint density at radius 2 is 1.47 bits per heavy atom. The number of para-hydroxylation sites is 1. The van der Waals surface area contributed by atoms with Gasteiger partial charge in [0.05, 0.1) is 16.8 Å². The van der Waals surface area contributed by atoms with Crippen molar-refractivity contribution in [2.24, 2.45) is 0 Å². The summed E-state index contributed by atoms with van der Waals surface area (Å²) in [6.07, 6.45) is 2.76. The van der Waals surface area contributed by atoms with Crippen LogP contribution in [0.3, 0.4) is 0 Å². The third kappa shape index (κ3) is 3.86. The highest BCUT2D eigenvalue weighted by atomic mass is 19.1. The molecule has 8 nitrogen and oxygen atoms in total. The molecule has 1 N–H and O–H groups in total. The number of aromatic nitrogens is 3. The van der Waals surface area contributed by atoms with Gasteiger partial charge in [-0.1, -0.05) is 42.5 Å². The number of carbonyl (C=O) groups excluding carboxylic acids is 3. The minimum absolute atomic E-state index is 0.0461. The van der Waals surface area contributed by atoms with Crippen LogP contribution in [0.15, 0.2) is 84.9 Å². The number of benzene rings is 3. The molecule has 5 rings (SSSR count). The van der Waals surface area contributed by atoms with E-state index in [1.807, 2.05) is 6.07 Å². The third-order valence-electron chi connectivity index (χ3n) is 5.12. The van der Waals surface area contributed by atoms with Crippen molar-refractivity contribution in [3.05, 3.63) is 107 Å². The number of amides is 3. The first kappa shape index (κ1) is 21.0. The van der Waals surface area contributed by atoms with Crippen LogP contribution in [0.2, 0.25) is 0 Å². The molecule has 0 unspecified atom stereocenters. The van der Waals surface area contributed by atoms with Crippen molar-refractivity contribution in [2.45, 2.75) is 0 Å². The molecule has 0 spiro atoms. The molecule has 1 aliphatic heterocycles. The Morgan fingerprint density at radius 3 is 2.12 bits per heavy atom. The number of halogens is 1. The number of hydrogen-bond acceptors (Lipinski definition) is 5. The molecule has 0 atom stereocenters. The maximum absolute atomic E-state index is 13.0. The minimum Gasteiger partial charge on any atom is -0.290 e. The normalized spacial score (nSPS) is 12.9. The lowest BCUT2D eigenvalue weighted by Gasteiger charge is -2.13. The van der Waals surface area contributed by atoms with E-state index in [2.05, 4.69) is 15.4 Å². The highest BCUT2D eigenvalue weighted by molar-refractivity contribution is 6.34. The quantitative estimate of drug-likeness (QED) is 0.366. The third-order valence-corrected chi connectivity index (χ3v) is 5.12. The second-order valence-electron chi connectivity index (χ2n) is 7.35. The summed E-state index contributed by atoms with van der Waals surface area (Å²) >= 11 is 0. The van der Waals surface area contributed by atoms with Crippen molar-refractivity contribution in [2.75, 3.05) is 10.2 Å². The van der Waals surface area contributed by atoms with Crippen molar-refractivity contribution in [3.8, 4) is 5.69 Å². The molecular weight excluding hydrogens is 437 g/mol. The molecule has 0 bridgehead atoms. The zero-order valence-corrected chi connectivity index (χ0v) is 17.6. The topological polar surface area (TPSA) is 97.2 Å². The molecule has 0 radical (unpaired) electrons. The van der Waals surface area contributed by atoms with Gasteiger partial charge in [-0.15, -0.1) is 5.10 Å². The molecule has 0 saturated carbocycles. The predicted molar refractivity (Wildman–Crippen MR) is 123 cm³/mol. The summed E-state index contributed by atoms with van der Waals surface area (Å²) in [7, 11) is 0. The first-order valence-electron chi connectivity index (χ1n) is 10.3. The lowest BCUT2D eigenvalue weighted by molar-refractivity contribution is -0.111. The molecule has 1 aromatic heterocycles. The van der Waals surface area contributed by atoms with Crippen LogP contribution >= 0.6 is 0 Å². The first-order valence-corrected chi connectivity index (χ1v) is 10.3. The number of rotatable bonds is 5. The van der Waals surface area contributed by atoms with Crippen molar-refractivity contribution in [1.82, 2.24) is 14.8 Å². The summed E-state index contributed by atoms with van der Waals surface area (Å²) in [6, 6.07) is 20.9. The molecule has 3 aromatic carbocycles. The second kappa shape index (κ2) is 8.55. The van der Waals surface area contributed by atoms with Crippen LogP contribution < -0.4 is 10.2 Å². The van der Waals surface area contributed by atoms with Gasteiger partial charge in [-0.05, 0) is 48.0 Å². The van der Waals surface area contributed by atoms with Gasteiger partial charge in [-0.25, -0.2) is 9.29 Å². The van der Waals surface area contributed by atoms with Gasteiger partial charge in [-0.3, -0.25) is 19.7 Å². The summed E-state index contributed by atoms with van der Waals surface area (Å²) in [5, 5.41) is 6.84. The van der Waals surface area contributed by atoms with Gasteiger partial charge >= 0.3 is 0 Å². The van der Waals surface area contributed by atoms with E-state index in [1.54, 1.807) is 48.5 Å². The van der Waals surface area contributed by atoms with Gasteiger partial charge < -0.3 is 0 Å². The summed E-state index contributed by atoms with van der Waals surface area (Å²) in [4.78, 5) is 43.7. The van der Waals surface area contributed by atoms with Gasteiger partial charge in [-0.2, -0.15) is 9.67 Å². The molecule has 9 heteroatoms. The lowest BCUT2D eigenvalue weighted by Crippen LogP contribution is -2.32. The van der Waals surface area contributed by atoms with Gasteiger partial charge in [0.1, 0.15) is 5.82 Å². The van der Waals surface area contributed by atoms with Crippen molar-refractivity contribution in [1.29, 1.82) is 0 Å². The molecule has 2 heterocycles. The van der Waals surface area contributed by atoms with E-state index in [4.69, 9.17) is 0 Å². The van der Waals surface area contributed by atoms with Crippen LogP contribution in [-0.4, -0.2) is 32.5 Å². The van der Waals surface area contributed by atoms with Crippen LogP contribution in [0, 0.1) is 5.82 Å². The molecule has 166 valence electrons. The van der Waals surface area contributed by atoms with Gasteiger partial charge in [0.15, 0.2) is 0 Å². The predicted octanol–water partition coefficient (Wildman–Crippen LogP) is 3.86. The summed E-state index contributed by atoms with van der Waals surface area (Å²) in [6.45, 7) is 0. The highest BCUT2D eigenvalue weighted by Gasteiger charge is 2.39. The van der Waals surface area contributed by atoms with Crippen LogP contribution in [0.4, 0.5) is 16.3 Å². The fraction of sp³-hybridized carbons (Fsp3) is 0. The zero-order chi connectivity index (χ0) is 23.7. The van der Waals surface area contributed by atoms with Gasteiger partial charge in [0.2, 0.25) is 5.95 Å². The SMILES string of the molecule is O=C(/C=C/c1ccc(F)cc1)Nc1nc(N2C(=O)c3ccccc3C2=O)n(-c2ccccc2)n1. The zero-order valence-electron chi connectivity index (χ0n) is 17.6. The highest BCUT2D eigenvalue weighted by Crippen LogP contribution is 2.29. The summed E-state index contributed by atoms with van der Waals surface area (Å²) < 4.78 is 14.4. The minimum atomic E-state index is -0.538. The van der Waals surface area contributed by atoms with Gasteiger partial charge in [0.25, 0.3) is 23.7 Å². The fourth-order valence-corrected chi connectivity index (χ4v) is 3.51. The molecular formula is C25H16FN5O3. The Bertz CT molecular complexity index is 1410. The van der Waals surface area contributed by atoms with E-state index in [1.165, 1.54) is 41.1 Å². The van der Waals surface area contributed by atoms with Crippen LogP contribution in [-0.2, 0) is 4.79 Å². The number of nitrogens with one attached hydrogen (secondary N) is 1. The van der Waals surface area contributed by atoms with E-state index in [0.717, 1.165) is 4.90 Å². The van der Waals surface area contributed by atoms with E-state index in [9.17, 15) is 18.8 Å². The molecule has 0 fully saturated rings. The molecule has 0 aliphatic carbocycles. The Labute approximate surface area is 193 Å². The average molecular weight is 453 g/mol. The molecule has 3 amide bonds. The molecule has 1 aliphatic rings. The van der Waals surface area contributed by atoms with Gasteiger partial charge in [0, 0.05) is 6.08 Å². The molecule has 0 saturated heterocycles. The molecule has 34 heavy (non-hydrogen) atoms.